The summed E-state index contributed by atoms with van der Waals surface area (Å²) in [7, 11) is 0. The summed E-state index contributed by atoms with van der Waals surface area (Å²) in [5.41, 5.74) is -0.0135. The lowest BCUT2D eigenvalue weighted by atomic mass is 9.84. The highest BCUT2D eigenvalue weighted by molar-refractivity contribution is 5.69. The summed E-state index contributed by atoms with van der Waals surface area (Å²) in [5, 5.41) is 2.76. The zero-order chi connectivity index (χ0) is 9.19. The molecule has 0 aromatic carbocycles. The normalized spacial score (nSPS) is 26.1. The van der Waals surface area contributed by atoms with E-state index in [4.69, 9.17) is 4.74 Å². The SMILES string of the molecule is C.C/C=C/C1NC(=O)OCC1(C)C. The number of amides is 1. The van der Waals surface area contributed by atoms with Gasteiger partial charge in [0.15, 0.2) is 0 Å². The van der Waals surface area contributed by atoms with Gasteiger partial charge in [0.1, 0.15) is 6.61 Å². The van der Waals surface area contributed by atoms with Crippen LogP contribution >= 0.6 is 0 Å². The number of hydrogen-bond acceptors (Lipinski definition) is 2. The van der Waals surface area contributed by atoms with Crippen LogP contribution in [-0.2, 0) is 4.74 Å². The monoisotopic (exact) mass is 185 g/mol. The molecule has 1 N–H and O–H groups in total. The van der Waals surface area contributed by atoms with Crippen LogP contribution in [0, 0.1) is 5.41 Å². The van der Waals surface area contributed by atoms with Gasteiger partial charge in [0, 0.05) is 5.41 Å². The lowest BCUT2D eigenvalue weighted by Crippen LogP contribution is -2.51. The fraction of sp³-hybridized carbons (Fsp3) is 0.700. The molecule has 0 aromatic rings. The number of nitrogens with one attached hydrogen (secondary N) is 1. The van der Waals surface area contributed by atoms with E-state index in [9.17, 15) is 4.79 Å². The average Bonchev–Trinajstić information content (AvgIpc) is 1.98. The second-order valence-corrected chi connectivity index (χ2v) is 3.71. The molecule has 0 spiro atoms. The number of hydrogen-bond donors (Lipinski definition) is 1. The Kier molecular flexibility index (Phi) is 3.98. The molecule has 1 amide bonds. The van der Waals surface area contributed by atoms with Crippen LogP contribution in [0.15, 0.2) is 12.2 Å². The van der Waals surface area contributed by atoms with E-state index in [-0.39, 0.29) is 25.0 Å². The maximum absolute atomic E-state index is 10.9. The molecule has 1 heterocycles. The van der Waals surface area contributed by atoms with Gasteiger partial charge in [0.25, 0.3) is 0 Å². The molecule has 0 aliphatic carbocycles. The highest BCUT2D eigenvalue weighted by Gasteiger charge is 2.34. The maximum Gasteiger partial charge on any atom is 0.407 e. The number of carbonyl (C=O) groups is 1. The van der Waals surface area contributed by atoms with Gasteiger partial charge in [-0.25, -0.2) is 4.79 Å². The Balaban J connectivity index is 0.00000144. The molecule has 0 bridgehead atoms. The molecule has 1 unspecified atom stereocenters. The summed E-state index contributed by atoms with van der Waals surface area (Å²) in [4.78, 5) is 10.9. The van der Waals surface area contributed by atoms with Crippen LogP contribution in [0.2, 0.25) is 0 Å². The first kappa shape index (κ1) is 12.0. The number of cyclic esters (lactones) is 1. The van der Waals surface area contributed by atoms with Crippen molar-refractivity contribution in [2.75, 3.05) is 6.61 Å². The fourth-order valence-corrected chi connectivity index (χ4v) is 1.21. The lowest BCUT2D eigenvalue weighted by molar-refractivity contribution is 0.0516. The third kappa shape index (κ3) is 2.76. The Bertz CT molecular complexity index is 209. The number of ether oxygens (including phenoxy) is 1. The van der Waals surface area contributed by atoms with Crippen LogP contribution < -0.4 is 5.32 Å². The van der Waals surface area contributed by atoms with Gasteiger partial charge in [-0.2, -0.15) is 0 Å². The highest BCUT2D eigenvalue weighted by Crippen LogP contribution is 2.25. The Morgan fingerprint density at radius 3 is 2.77 bits per heavy atom. The van der Waals surface area contributed by atoms with Gasteiger partial charge < -0.3 is 10.1 Å². The molecule has 1 aliphatic heterocycles. The Hall–Kier alpha value is -0.990. The third-order valence-electron chi connectivity index (χ3n) is 2.08. The molecule has 13 heavy (non-hydrogen) atoms. The first-order valence-corrected chi connectivity index (χ1v) is 4.12. The van der Waals surface area contributed by atoms with Crippen molar-refractivity contribution >= 4 is 6.09 Å². The Morgan fingerprint density at radius 1 is 1.62 bits per heavy atom. The van der Waals surface area contributed by atoms with E-state index in [1.165, 1.54) is 0 Å². The molecule has 3 heteroatoms. The van der Waals surface area contributed by atoms with Crippen LogP contribution in [0.4, 0.5) is 4.79 Å². The second kappa shape index (κ2) is 4.30. The van der Waals surface area contributed by atoms with Crippen molar-refractivity contribution < 1.29 is 9.53 Å². The molecule has 1 rings (SSSR count). The minimum absolute atomic E-state index is 0. The van der Waals surface area contributed by atoms with E-state index < -0.39 is 0 Å². The number of carbonyl (C=O) groups excluding carboxylic acids is 1. The largest absolute Gasteiger partial charge is 0.449 e. The summed E-state index contributed by atoms with van der Waals surface area (Å²) < 4.78 is 4.89. The Labute approximate surface area is 80.2 Å². The number of allylic oxidation sites excluding steroid dienone is 1. The van der Waals surface area contributed by atoms with E-state index in [0.717, 1.165) is 0 Å². The first-order valence-electron chi connectivity index (χ1n) is 4.12. The van der Waals surface area contributed by atoms with Gasteiger partial charge in [0.05, 0.1) is 6.04 Å². The van der Waals surface area contributed by atoms with E-state index in [2.05, 4.69) is 19.2 Å². The summed E-state index contributed by atoms with van der Waals surface area (Å²) in [6, 6.07) is 0.0868. The third-order valence-corrected chi connectivity index (χ3v) is 2.08. The molecule has 1 aliphatic rings. The summed E-state index contributed by atoms with van der Waals surface area (Å²) >= 11 is 0. The first-order chi connectivity index (χ1) is 5.56. The van der Waals surface area contributed by atoms with Crippen LogP contribution in [0.1, 0.15) is 28.2 Å². The molecule has 0 radical (unpaired) electrons. The molecular formula is C10H19NO2. The van der Waals surface area contributed by atoms with E-state index >= 15 is 0 Å². The number of alkyl carbamates (subject to hydrolysis) is 1. The van der Waals surface area contributed by atoms with Gasteiger partial charge in [-0.15, -0.1) is 0 Å². The number of rotatable bonds is 1. The van der Waals surface area contributed by atoms with E-state index in [1.54, 1.807) is 0 Å². The smallest absolute Gasteiger partial charge is 0.407 e. The predicted molar refractivity (Wildman–Crippen MR) is 53.6 cm³/mol. The van der Waals surface area contributed by atoms with Crippen LogP contribution in [0.5, 0.6) is 0 Å². The minimum Gasteiger partial charge on any atom is -0.449 e. The van der Waals surface area contributed by atoms with Gasteiger partial charge in [-0.05, 0) is 6.92 Å². The molecule has 1 atom stereocenters. The van der Waals surface area contributed by atoms with E-state index in [1.807, 2.05) is 19.1 Å². The molecule has 0 saturated carbocycles. The highest BCUT2D eigenvalue weighted by atomic mass is 16.6. The molecule has 3 nitrogen and oxygen atoms in total. The minimum atomic E-state index is -0.322. The molecule has 0 aromatic heterocycles. The van der Waals surface area contributed by atoms with Crippen molar-refractivity contribution in [1.82, 2.24) is 5.32 Å². The lowest BCUT2D eigenvalue weighted by Gasteiger charge is -2.36. The molecule has 76 valence electrons. The summed E-state index contributed by atoms with van der Waals surface area (Å²) in [6.45, 7) is 6.56. The van der Waals surface area contributed by atoms with Gasteiger partial charge in [-0.3, -0.25) is 0 Å². The molecule has 1 saturated heterocycles. The quantitative estimate of drug-likeness (QED) is 0.637. The van der Waals surface area contributed by atoms with Gasteiger partial charge in [-0.1, -0.05) is 33.4 Å². The van der Waals surface area contributed by atoms with Crippen molar-refractivity contribution in [3.8, 4) is 0 Å². The fourth-order valence-electron chi connectivity index (χ4n) is 1.21. The predicted octanol–water partition coefficient (Wildman–Crippen LogP) is 2.33. The van der Waals surface area contributed by atoms with Crippen molar-refractivity contribution in [3.05, 3.63) is 12.2 Å². The van der Waals surface area contributed by atoms with Crippen molar-refractivity contribution in [2.24, 2.45) is 5.41 Å². The topological polar surface area (TPSA) is 38.3 Å². The molecule has 1 fully saturated rings. The van der Waals surface area contributed by atoms with Crippen LogP contribution in [-0.4, -0.2) is 18.7 Å². The average molecular weight is 185 g/mol. The van der Waals surface area contributed by atoms with Crippen molar-refractivity contribution in [3.63, 3.8) is 0 Å². The zero-order valence-electron chi connectivity index (χ0n) is 7.76. The van der Waals surface area contributed by atoms with Crippen LogP contribution in [0.25, 0.3) is 0 Å². The van der Waals surface area contributed by atoms with Gasteiger partial charge >= 0.3 is 6.09 Å². The van der Waals surface area contributed by atoms with Crippen molar-refractivity contribution in [1.29, 1.82) is 0 Å². The maximum atomic E-state index is 10.9. The van der Waals surface area contributed by atoms with Crippen molar-refractivity contribution in [2.45, 2.75) is 34.2 Å². The second-order valence-electron chi connectivity index (χ2n) is 3.71. The standard InChI is InChI=1S/C9H15NO2.CH4/c1-4-5-7-9(2,3)6-12-8(11)10-7;/h4-5,7H,6H2,1-3H3,(H,10,11);1H4/b5-4+;. The zero-order valence-corrected chi connectivity index (χ0v) is 7.76. The summed E-state index contributed by atoms with van der Waals surface area (Å²) in [6.07, 6.45) is 3.61. The van der Waals surface area contributed by atoms with Crippen LogP contribution in [0.3, 0.4) is 0 Å². The van der Waals surface area contributed by atoms with E-state index in [0.29, 0.717) is 6.61 Å². The Morgan fingerprint density at radius 2 is 2.23 bits per heavy atom. The summed E-state index contributed by atoms with van der Waals surface area (Å²) in [5.74, 6) is 0. The molecular weight excluding hydrogens is 166 g/mol. The van der Waals surface area contributed by atoms with Gasteiger partial charge in [0.2, 0.25) is 0 Å².